The Morgan fingerprint density at radius 3 is 2.26 bits per heavy atom. The van der Waals surface area contributed by atoms with Gasteiger partial charge < -0.3 is 10.1 Å². The highest BCUT2D eigenvalue weighted by Gasteiger charge is 2.24. The van der Waals surface area contributed by atoms with Crippen LogP contribution in [0.3, 0.4) is 0 Å². The van der Waals surface area contributed by atoms with Gasteiger partial charge in [-0.3, -0.25) is 4.79 Å². The van der Waals surface area contributed by atoms with Crippen LogP contribution in [0.5, 0.6) is 5.75 Å². The molecule has 1 amide bonds. The molecule has 8 heteroatoms. The zero-order valence-corrected chi connectivity index (χ0v) is 17.0. The van der Waals surface area contributed by atoms with Crippen molar-refractivity contribution in [2.24, 2.45) is 0 Å². The Balaban J connectivity index is 2.04. The Labute approximate surface area is 165 Å². The number of carbonyl (C=O) groups excluding carboxylic acids is 1. The maximum atomic E-state index is 12.6. The van der Waals surface area contributed by atoms with Crippen LogP contribution < -0.4 is 10.1 Å². The van der Waals surface area contributed by atoms with E-state index in [2.05, 4.69) is 5.32 Å². The molecule has 0 bridgehead atoms. The molecule has 0 saturated carbocycles. The summed E-state index contributed by atoms with van der Waals surface area (Å²) in [6, 6.07) is 13.0. The van der Waals surface area contributed by atoms with Crippen LogP contribution in [-0.2, 0) is 14.8 Å². The van der Waals surface area contributed by atoms with Gasteiger partial charge in [-0.2, -0.15) is 4.31 Å². The number of benzene rings is 2. The van der Waals surface area contributed by atoms with E-state index in [1.165, 1.54) is 31.3 Å². The minimum Gasteiger partial charge on any atom is -0.497 e. The zero-order chi connectivity index (χ0) is 20.0. The third-order valence-electron chi connectivity index (χ3n) is 4.15. The highest BCUT2D eigenvalue weighted by molar-refractivity contribution is 7.89. The standard InChI is InChI=1S/C19H23ClN2O4S/c1-4-18(14-5-9-16(26-3)10-6-14)21-19(23)13-22(2)27(24,25)17-11-7-15(20)8-12-17/h5-12,18H,4,13H2,1-3H3,(H,21,23)/t18-/m0/s1. The first-order valence-electron chi connectivity index (χ1n) is 8.43. The molecule has 1 N–H and O–H groups in total. The molecule has 0 spiro atoms. The average Bonchev–Trinajstić information content (AvgIpc) is 2.66. The predicted molar refractivity (Wildman–Crippen MR) is 105 cm³/mol. The van der Waals surface area contributed by atoms with Gasteiger partial charge >= 0.3 is 0 Å². The number of methoxy groups -OCH3 is 1. The van der Waals surface area contributed by atoms with E-state index in [1.807, 2.05) is 31.2 Å². The quantitative estimate of drug-likeness (QED) is 0.724. The Hall–Kier alpha value is -2.09. The summed E-state index contributed by atoms with van der Waals surface area (Å²) in [6.45, 7) is 1.67. The van der Waals surface area contributed by atoms with Crippen LogP contribution in [-0.4, -0.2) is 39.3 Å². The second-order valence-corrected chi connectivity index (χ2v) is 8.50. The van der Waals surface area contributed by atoms with Crippen LogP contribution >= 0.6 is 11.6 Å². The Bertz CT molecular complexity index is 868. The molecule has 0 aromatic heterocycles. The zero-order valence-electron chi connectivity index (χ0n) is 15.5. The number of sulfonamides is 1. The predicted octanol–water partition coefficient (Wildman–Crippen LogP) is 3.24. The number of amides is 1. The van der Waals surface area contributed by atoms with Gasteiger partial charge in [-0.1, -0.05) is 30.7 Å². The smallest absolute Gasteiger partial charge is 0.243 e. The Morgan fingerprint density at radius 1 is 1.15 bits per heavy atom. The van der Waals surface area contributed by atoms with Crippen LogP contribution in [0.4, 0.5) is 0 Å². The fourth-order valence-corrected chi connectivity index (χ4v) is 3.82. The third kappa shape index (κ3) is 5.45. The highest BCUT2D eigenvalue weighted by atomic mass is 35.5. The number of ether oxygens (including phenoxy) is 1. The molecule has 146 valence electrons. The molecule has 2 aromatic rings. The lowest BCUT2D eigenvalue weighted by molar-refractivity contribution is -0.121. The van der Waals surface area contributed by atoms with E-state index in [1.54, 1.807) is 7.11 Å². The van der Waals surface area contributed by atoms with Crippen molar-refractivity contribution in [3.63, 3.8) is 0 Å². The summed E-state index contributed by atoms with van der Waals surface area (Å²) in [5, 5.41) is 3.32. The molecule has 0 aliphatic rings. The van der Waals surface area contributed by atoms with Gasteiger partial charge in [-0.25, -0.2) is 8.42 Å². The summed E-state index contributed by atoms with van der Waals surface area (Å²) in [6.07, 6.45) is 0.672. The van der Waals surface area contributed by atoms with Gasteiger partial charge in [0.25, 0.3) is 0 Å². The highest BCUT2D eigenvalue weighted by Crippen LogP contribution is 2.21. The summed E-state index contributed by atoms with van der Waals surface area (Å²) in [7, 11) is -0.808. The Kier molecular flexibility index (Phi) is 7.24. The van der Waals surface area contributed by atoms with E-state index in [-0.39, 0.29) is 23.4 Å². The lowest BCUT2D eigenvalue weighted by atomic mass is 10.0. The van der Waals surface area contributed by atoms with Crippen LogP contribution in [0.1, 0.15) is 24.9 Å². The van der Waals surface area contributed by atoms with Gasteiger partial charge in [-0.15, -0.1) is 0 Å². The molecule has 0 aliphatic heterocycles. The molecular weight excluding hydrogens is 388 g/mol. The van der Waals surface area contributed by atoms with Gasteiger partial charge in [0.15, 0.2) is 0 Å². The number of carbonyl (C=O) groups is 1. The SMILES string of the molecule is CC[C@H](NC(=O)CN(C)S(=O)(=O)c1ccc(Cl)cc1)c1ccc(OC)cc1. The number of nitrogens with one attached hydrogen (secondary N) is 1. The number of rotatable bonds is 8. The van der Waals surface area contributed by atoms with Crippen LogP contribution in [0.15, 0.2) is 53.4 Å². The van der Waals surface area contributed by atoms with Gasteiger partial charge in [0.1, 0.15) is 5.75 Å². The van der Waals surface area contributed by atoms with Crippen molar-refractivity contribution in [3.05, 3.63) is 59.1 Å². The topological polar surface area (TPSA) is 75.7 Å². The molecule has 0 fully saturated rings. The number of nitrogens with zero attached hydrogens (tertiary/aromatic N) is 1. The number of halogens is 1. The molecule has 0 saturated heterocycles. The fourth-order valence-electron chi connectivity index (χ4n) is 2.57. The van der Waals surface area contributed by atoms with Gasteiger partial charge in [0, 0.05) is 12.1 Å². The van der Waals surface area contributed by atoms with E-state index in [0.717, 1.165) is 15.6 Å². The molecule has 0 radical (unpaired) electrons. The summed E-state index contributed by atoms with van der Waals surface area (Å²) in [5.74, 6) is 0.353. The van der Waals surface area contributed by atoms with Crippen molar-refractivity contribution in [2.75, 3.05) is 20.7 Å². The van der Waals surface area contributed by atoms with E-state index in [4.69, 9.17) is 16.3 Å². The largest absolute Gasteiger partial charge is 0.497 e. The summed E-state index contributed by atoms with van der Waals surface area (Å²) < 4.78 is 31.3. The molecule has 0 heterocycles. The van der Waals surface area contributed by atoms with Crippen LogP contribution in [0, 0.1) is 0 Å². The number of likely N-dealkylation sites (N-methyl/N-ethyl adjacent to an activating group) is 1. The van der Waals surface area contributed by atoms with Gasteiger partial charge in [0.05, 0.1) is 24.6 Å². The fraction of sp³-hybridized carbons (Fsp3) is 0.316. The second-order valence-electron chi connectivity index (χ2n) is 6.02. The van der Waals surface area contributed by atoms with Crippen LogP contribution in [0.2, 0.25) is 5.02 Å². The maximum absolute atomic E-state index is 12.6. The maximum Gasteiger partial charge on any atom is 0.243 e. The number of hydrogen-bond donors (Lipinski definition) is 1. The second kappa shape index (κ2) is 9.21. The molecule has 6 nitrogen and oxygen atoms in total. The normalized spacial score (nSPS) is 12.6. The summed E-state index contributed by atoms with van der Waals surface area (Å²) in [4.78, 5) is 12.5. The van der Waals surface area contributed by atoms with Crippen molar-refractivity contribution in [1.82, 2.24) is 9.62 Å². The van der Waals surface area contributed by atoms with Crippen molar-refractivity contribution >= 4 is 27.5 Å². The molecule has 27 heavy (non-hydrogen) atoms. The summed E-state index contributed by atoms with van der Waals surface area (Å²) in [5.41, 5.74) is 0.926. The van der Waals surface area contributed by atoms with E-state index in [9.17, 15) is 13.2 Å². The van der Waals surface area contributed by atoms with Crippen molar-refractivity contribution in [3.8, 4) is 5.75 Å². The molecular formula is C19H23ClN2O4S. The molecule has 0 aliphatic carbocycles. The molecule has 0 unspecified atom stereocenters. The van der Waals surface area contributed by atoms with Crippen molar-refractivity contribution in [1.29, 1.82) is 0 Å². The minimum absolute atomic E-state index is 0.0874. The van der Waals surface area contributed by atoms with Gasteiger partial charge in [-0.05, 0) is 48.4 Å². The van der Waals surface area contributed by atoms with Gasteiger partial charge in [0.2, 0.25) is 15.9 Å². The first-order valence-corrected chi connectivity index (χ1v) is 10.2. The summed E-state index contributed by atoms with van der Waals surface area (Å²) >= 11 is 5.80. The van der Waals surface area contributed by atoms with E-state index in [0.29, 0.717) is 11.4 Å². The lowest BCUT2D eigenvalue weighted by Crippen LogP contribution is -2.39. The van der Waals surface area contributed by atoms with E-state index < -0.39 is 10.0 Å². The first kappa shape index (κ1) is 21.2. The third-order valence-corrected chi connectivity index (χ3v) is 6.22. The monoisotopic (exact) mass is 410 g/mol. The number of hydrogen-bond acceptors (Lipinski definition) is 4. The average molecular weight is 411 g/mol. The van der Waals surface area contributed by atoms with Crippen LogP contribution in [0.25, 0.3) is 0 Å². The molecule has 1 atom stereocenters. The first-order chi connectivity index (χ1) is 12.8. The van der Waals surface area contributed by atoms with E-state index >= 15 is 0 Å². The molecule has 2 rings (SSSR count). The van der Waals surface area contributed by atoms with Crippen molar-refractivity contribution in [2.45, 2.75) is 24.3 Å². The molecule has 2 aromatic carbocycles. The Morgan fingerprint density at radius 2 is 1.74 bits per heavy atom. The minimum atomic E-state index is -3.77. The lowest BCUT2D eigenvalue weighted by Gasteiger charge is -2.21. The van der Waals surface area contributed by atoms with Crippen molar-refractivity contribution < 1.29 is 17.9 Å².